The number of nitriles is 1. The van der Waals surface area contributed by atoms with Crippen molar-refractivity contribution in [2.75, 3.05) is 26.2 Å². The van der Waals surface area contributed by atoms with Crippen LogP contribution in [0.3, 0.4) is 0 Å². The maximum atomic E-state index is 9.52. The predicted octanol–water partition coefficient (Wildman–Crippen LogP) is 1.73. The fourth-order valence-electron chi connectivity index (χ4n) is 3.30. The summed E-state index contributed by atoms with van der Waals surface area (Å²) in [5.74, 6) is 0. The molecule has 3 heterocycles. The molecule has 3 rings (SSSR count). The molecule has 2 atom stereocenters. The summed E-state index contributed by atoms with van der Waals surface area (Å²) in [5.41, 5.74) is 1.88. The first-order chi connectivity index (χ1) is 9.28. The molecule has 0 N–H and O–H groups in total. The van der Waals surface area contributed by atoms with Crippen molar-refractivity contribution in [1.82, 2.24) is 14.8 Å². The summed E-state index contributed by atoms with van der Waals surface area (Å²) >= 11 is 0. The number of hydrogen-bond acceptors (Lipinski definition) is 4. The van der Waals surface area contributed by atoms with Crippen LogP contribution in [0.25, 0.3) is 0 Å². The molecule has 19 heavy (non-hydrogen) atoms. The number of rotatable bonds is 2. The quantitative estimate of drug-likeness (QED) is 0.808. The van der Waals surface area contributed by atoms with Crippen molar-refractivity contribution in [2.24, 2.45) is 0 Å². The van der Waals surface area contributed by atoms with Crippen LogP contribution in [-0.4, -0.2) is 47.0 Å². The second-order valence-electron chi connectivity index (χ2n) is 5.56. The Labute approximate surface area is 114 Å². The molecule has 4 heteroatoms. The average molecular weight is 256 g/mol. The van der Waals surface area contributed by atoms with Gasteiger partial charge in [0, 0.05) is 31.4 Å². The molecule has 0 aliphatic carbocycles. The molecule has 0 bridgehead atoms. The Bertz CT molecular complexity index is 493. The number of pyridine rings is 1. The Morgan fingerprint density at radius 1 is 1.37 bits per heavy atom. The van der Waals surface area contributed by atoms with Crippen LogP contribution in [0, 0.1) is 18.3 Å². The average Bonchev–Trinajstić information content (AvgIpc) is 2.87. The molecule has 2 fully saturated rings. The Hall–Kier alpha value is -1.44. The maximum absolute atomic E-state index is 9.52. The van der Waals surface area contributed by atoms with Gasteiger partial charge in [-0.05, 0) is 38.4 Å². The second kappa shape index (κ2) is 5.28. The molecule has 1 unspecified atom stereocenters. The van der Waals surface area contributed by atoms with Crippen LogP contribution in [-0.2, 0) is 0 Å². The van der Waals surface area contributed by atoms with Gasteiger partial charge in [-0.2, -0.15) is 5.26 Å². The molecule has 0 amide bonds. The Morgan fingerprint density at radius 3 is 3.05 bits per heavy atom. The number of hydrogen-bond donors (Lipinski definition) is 0. The third kappa shape index (κ3) is 2.49. The van der Waals surface area contributed by atoms with Crippen molar-refractivity contribution in [2.45, 2.75) is 31.8 Å². The fourth-order valence-corrected chi connectivity index (χ4v) is 3.30. The van der Waals surface area contributed by atoms with E-state index in [1.807, 2.05) is 25.1 Å². The van der Waals surface area contributed by atoms with Crippen LogP contribution in [0.2, 0.25) is 0 Å². The minimum absolute atomic E-state index is 0.192. The highest BCUT2D eigenvalue weighted by atomic mass is 15.3. The van der Waals surface area contributed by atoms with Crippen molar-refractivity contribution >= 4 is 0 Å². The van der Waals surface area contributed by atoms with Gasteiger partial charge in [0.05, 0.1) is 11.8 Å². The molecular weight excluding hydrogens is 236 g/mol. The van der Waals surface area contributed by atoms with E-state index >= 15 is 0 Å². The SMILES string of the molecule is Cc1cccc(C(C#N)N2CCN3CCC[C@@H]3C2)n1. The Balaban J connectivity index is 1.78. The molecule has 0 aromatic carbocycles. The van der Waals surface area contributed by atoms with E-state index in [2.05, 4.69) is 20.9 Å². The first-order valence-corrected chi connectivity index (χ1v) is 7.09. The summed E-state index contributed by atoms with van der Waals surface area (Å²) < 4.78 is 0. The summed E-state index contributed by atoms with van der Waals surface area (Å²) in [5, 5.41) is 9.52. The smallest absolute Gasteiger partial charge is 0.141 e. The lowest BCUT2D eigenvalue weighted by atomic mass is 10.1. The summed E-state index contributed by atoms with van der Waals surface area (Å²) in [6.45, 7) is 6.29. The van der Waals surface area contributed by atoms with Crippen molar-refractivity contribution in [3.05, 3.63) is 29.6 Å². The molecule has 0 spiro atoms. The number of piperazine rings is 1. The second-order valence-corrected chi connectivity index (χ2v) is 5.56. The molecule has 0 radical (unpaired) electrons. The van der Waals surface area contributed by atoms with E-state index in [9.17, 15) is 5.26 Å². The summed E-state index contributed by atoms with van der Waals surface area (Å²) in [4.78, 5) is 9.39. The highest BCUT2D eigenvalue weighted by Gasteiger charge is 2.34. The van der Waals surface area contributed by atoms with E-state index in [0.29, 0.717) is 6.04 Å². The zero-order valence-electron chi connectivity index (χ0n) is 11.4. The van der Waals surface area contributed by atoms with E-state index < -0.39 is 0 Å². The standard InChI is InChI=1S/C15H20N4/c1-12-4-2-6-14(17-12)15(10-16)19-9-8-18-7-3-5-13(18)11-19/h2,4,6,13,15H,3,5,7-9,11H2,1H3/t13-,15?/m1/s1. The third-order valence-corrected chi connectivity index (χ3v) is 4.30. The van der Waals surface area contributed by atoms with Crippen molar-refractivity contribution in [3.8, 4) is 6.07 Å². The lowest BCUT2D eigenvalue weighted by molar-refractivity contribution is 0.0864. The molecule has 1 aromatic heterocycles. The summed E-state index contributed by atoms with van der Waals surface area (Å²) in [7, 11) is 0. The Kier molecular flexibility index (Phi) is 3.50. The number of nitrogens with zero attached hydrogens (tertiary/aromatic N) is 4. The van der Waals surface area contributed by atoms with Gasteiger partial charge in [0.25, 0.3) is 0 Å². The minimum atomic E-state index is -0.192. The van der Waals surface area contributed by atoms with Crippen LogP contribution >= 0.6 is 0 Å². The van der Waals surface area contributed by atoms with Crippen molar-refractivity contribution in [3.63, 3.8) is 0 Å². The van der Waals surface area contributed by atoms with E-state index in [4.69, 9.17) is 0 Å². The topological polar surface area (TPSA) is 43.2 Å². The molecular formula is C15H20N4. The lowest BCUT2D eigenvalue weighted by Crippen LogP contribution is -2.51. The van der Waals surface area contributed by atoms with E-state index in [0.717, 1.165) is 31.0 Å². The molecule has 2 aliphatic rings. The number of fused-ring (bicyclic) bond motifs is 1. The number of aryl methyl sites for hydroxylation is 1. The molecule has 1 aromatic rings. The normalized spacial score (nSPS) is 25.8. The van der Waals surface area contributed by atoms with Gasteiger partial charge in [-0.25, -0.2) is 0 Å². The van der Waals surface area contributed by atoms with Crippen LogP contribution in [0.1, 0.15) is 30.3 Å². The minimum Gasteiger partial charge on any atom is -0.298 e. The molecule has 2 aliphatic heterocycles. The van der Waals surface area contributed by atoms with Crippen LogP contribution < -0.4 is 0 Å². The fraction of sp³-hybridized carbons (Fsp3) is 0.600. The lowest BCUT2D eigenvalue weighted by Gasteiger charge is -2.39. The van der Waals surface area contributed by atoms with Gasteiger partial charge >= 0.3 is 0 Å². The third-order valence-electron chi connectivity index (χ3n) is 4.30. The molecule has 4 nitrogen and oxygen atoms in total. The first kappa shape index (κ1) is 12.6. The number of aromatic nitrogens is 1. The summed E-state index contributed by atoms with van der Waals surface area (Å²) in [6, 6.07) is 8.84. The highest BCUT2D eigenvalue weighted by molar-refractivity contribution is 5.19. The van der Waals surface area contributed by atoms with E-state index in [1.165, 1.54) is 19.4 Å². The molecule has 100 valence electrons. The van der Waals surface area contributed by atoms with Crippen LogP contribution in [0.5, 0.6) is 0 Å². The predicted molar refractivity (Wildman–Crippen MR) is 73.5 cm³/mol. The largest absolute Gasteiger partial charge is 0.298 e. The summed E-state index contributed by atoms with van der Waals surface area (Å²) in [6.07, 6.45) is 2.58. The van der Waals surface area contributed by atoms with Crippen LogP contribution in [0.15, 0.2) is 18.2 Å². The van der Waals surface area contributed by atoms with Gasteiger partial charge in [-0.1, -0.05) is 6.07 Å². The van der Waals surface area contributed by atoms with Gasteiger partial charge in [0.2, 0.25) is 0 Å². The Morgan fingerprint density at radius 2 is 2.26 bits per heavy atom. The van der Waals surface area contributed by atoms with Gasteiger partial charge < -0.3 is 0 Å². The zero-order valence-corrected chi connectivity index (χ0v) is 11.4. The molecule has 2 saturated heterocycles. The van der Waals surface area contributed by atoms with Crippen molar-refractivity contribution in [1.29, 1.82) is 5.26 Å². The van der Waals surface area contributed by atoms with Gasteiger partial charge in [0.15, 0.2) is 0 Å². The van der Waals surface area contributed by atoms with E-state index in [1.54, 1.807) is 0 Å². The van der Waals surface area contributed by atoms with Crippen molar-refractivity contribution < 1.29 is 0 Å². The van der Waals surface area contributed by atoms with Gasteiger partial charge in [0.1, 0.15) is 6.04 Å². The zero-order chi connectivity index (χ0) is 13.2. The van der Waals surface area contributed by atoms with Crippen LogP contribution in [0.4, 0.5) is 0 Å². The maximum Gasteiger partial charge on any atom is 0.141 e. The highest BCUT2D eigenvalue weighted by Crippen LogP contribution is 2.27. The van der Waals surface area contributed by atoms with Gasteiger partial charge in [-0.3, -0.25) is 14.8 Å². The first-order valence-electron chi connectivity index (χ1n) is 7.09. The van der Waals surface area contributed by atoms with E-state index in [-0.39, 0.29) is 6.04 Å². The monoisotopic (exact) mass is 256 g/mol. The molecule has 0 saturated carbocycles. The van der Waals surface area contributed by atoms with Gasteiger partial charge in [-0.15, -0.1) is 0 Å².